The highest BCUT2D eigenvalue weighted by atomic mass is 19.3. The average molecular weight is 432 g/mol. The lowest BCUT2D eigenvalue weighted by atomic mass is 9.92. The van der Waals surface area contributed by atoms with Gasteiger partial charge in [-0.3, -0.25) is 0 Å². The summed E-state index contributed by atoms with van der Waals surface area (Å²) in [5.74, 6) is 0.636. The van der Waals surface area contributed by atoms with Gasteiger partial charge in [-0.1, -0.05) is 54.6 Å². The average Bonchev–Trinajstić information content (AvgIpc) is 3.23. The number of nitrogens with one attached hydrogen (secondary N) is 3. The number of rotatable bonds is 5. The van der Waals surface area contributed by atoms with Gasteiger partial charge in [-0.05, 0) is 35.4 Å². The van der Waals surface area contributed by atoms with Crippen LogP contribution in [0.2, 0.25) is 0 Å². The molecule has 160 valence electrons. The first-order chi connectivity index (χ1) is 15.6. The predicted octanol–water partition coefficient (Wildman–Crippen LogP) is 5.09. The van der Waals surface area contributed by atoms with Crippen molar-refractivity contribution >= 4 is 28.3 Å². The van der Waals surface area contributed by atoms with E-state index in [-0.39, 0.29) is 11.8 Å². The predicted molar refractivity (Wildman–Crippen MR) is 117 cm³/mol. The second-order valence-electron chi connectivity index (χ2n) is 7.24. The van der Waals surface area contributed by atoms with Crippen LogP contribution in [0.25, 0.3) is 22.3 Å². The van der Waals surface area contributed by atoms with Crippen molar-refractivity contribution in [2.75, 3.05) is 0 Å². The molecule has 0 unspecified atom stereocenters. The smallest absolute Gasteiger partial charge is 0.387 e. The number of carbonyl (C=O) groups is 1. The number of amides is 2. The SMILES string of the molecule is O=C1NC(c2ccccc2)=C(c2nc3ccccc3[nH]2)[C@H](c2ccc(OC(F)F)cc2)N1. The Morgan fingerprint density at radius 1 is 0.906 bits per heavy atom. The van der Waals surface area contributed by atoms with Gasteiger partial charge in [-0.25, -0.2) is 9.78 Å². The van der Waals surface area contributed by atoms with Crippen LogP contribution in [0.1, 0.15) is 23.0 Å². The monoisotopic (exact) mass is 432 g/mol. The van der Waals surface area contributed by atoms with Gasteiger partial charge < -0.3 is 20.4 Å². The number of benzene rings is 3. The minimum atomic E-state index is -2.91. The topological polar surface area (TPSA) is 79.0 Å². The van der Waals surface area contributed by atoms with Crippen LogP contribution in [0.3, 0.4) is 0 Å². The maximum absolute atomic E-state index is 12.6. The Morgan fingerprint density at radius 2 is 1.62 bits per heavy atom. The van der Waals surface area contributed by atoms with E-state index >= 15 is 0 Å². The number of para-hydroxylation sites is 2. The van der Waals surface area contributed by atoms with Crippen molar-refractivity contribution in [2.45, 2.75) is 12.7 Å². The molecule has 32 heavy (non-hydrogen) atoms. The first-order valence-corrected chi connectivity index (χ1v) is 9.95. The molecule has 4 aromatic rings. The molecular weight excluding hydrogens is 414 g/mol. The molecule has 0 spiro atoms. The van der Waals surface area contributed by atoms with Crippen molar-refractivity contribution in [1.82, 2.24) is 20.6 Å². The molecule has 0 saturated heterocycles. The van der Waals surface area contributed by atoms with Gasteiger partial charge in [0.25, 0.3) is 0 Å². The van der Waals surface area contributed by atoms with Crippen molar-refractivity contribution < 1.29 is 18.3 Å². The lowest BCUT2D eigenvalue weighted by Gasteiger charge is -2.30. The van der Waals surface area contributed by atoms with Gasteiger partial charge in [0.2, 0.25) is 0 Å². The van der Waals surface area contributed by atoms with Crippen LogP contribution in [0.4, 0.5) is 13.6 Å². The number of alkyl halides is 2. The van der Waals surface area contributed by atoms with Gasteiger partial charge in [0.1, 0.15) is 11.6 Å². The molecule has 2 heterocycles. The highest BCUT2D eigenvalue weighted by molar-refractivity contribution is 6.02. The van der Waals surface area contributed by atoms with E-state index in [1.165, 1.54) is 12.1 Å². The number of nitrogens with zero attached hydrogens (tertiary/aromatic N) is 1. The van der Waals surface area contributed by atoms with Crippen LogP contribution in [-0.2, 0) is 0 Å². The molecule has 3 N–H and O–H groups in total. The van der Waals surface area contributed by atoms with Gasteiger partial charge in [0.15, 0.2) is 0 Å². The number of halogens is 2. The van der Waals surface area contributed by atoms with E-state index in [1.807, 2.05) is 54.6 Å². The van der Waals surface area contributed by atoms with Gasteiger partial charge in [-0.2, -0.15) is 8.78 Å². The number of urea groups is 1. The Labute approximate surface area is 181 Å². The zero-order valence-electron chi connectivity index (χ0n) is 16.7. The lowest BCUT2D eigenvalue weighted by Crippen LogP contribution is -2.43. The quantitative estimate of drug-likeness (QED) is 0.411. The largest absolute Gasteiger partial charge is 0.435 e. The second-order valence-corrected chi connectivity index (χ2v) is 7.24. The van der Waals surface area contributed by atoms with E-state index in [0.717, 1.165) is 22.2 Å². The van der Waals surface area contributed by atoms with Crippen LogP contribution >= 0.6 is 0 Å². The third-order valence-electron chi connectivity index (χ3n) is 5.22. The van der Waals surface area contributed by atoms with E-state index in [1.54, 1.807) is 12.1 Å². The fourth-order valence-electron chi connectivity index (χ4n) is 3.82. The van der Waals surface area contributed by atoms with E-state index in [2.05, 4.69) is 20.4 Å². The first kappa shape index (κ1) is 19.7. The summed E-state index contributed by atoms with van der Waals surface area (Å²) < 4.78 is 29.5. The summed E-state index contributed by atoms with van der Waals surface area (Å²) in [5.41, 5.74) is 4.52. The van der Waals surface area contributed by atoms with Crippen LogP contribution in [0, 0.1) is 0 Å². The number of imidazole rings is 1. The normalized spacial score (nSPS) is 16.2. The molecule has 8 heteroatoms. The van der Waals surface area contributed by atoms with Crippen molar-refractivity contribution in [3.63, 3.8) is 0 Å². The molecule has 2 amide bonds. The summed E-state index contributed by atoms with van der Waals surface area (Å²) in [6.07, 6.45) is 0. The van der Waals surface area contributed by atoms with Gasteiger partial charge in [-0.15, -0.1) is 0 Å². The van der Waals surface area contributed by atoms with Crippen LogP contribution in [0.5, 0.6) is 5.75 Å². The summed E-state index contributed by atoms with van der Waals surface area (Å²) in [4.78, 5) is 20.7. The Bertz CT molecular complexity index is 1270. The number of ether oxygens (including phenoxy) is 1. The van der Waals surface area contributed by atoms with Gasteiger partial charge in [0.05, 0.1) is 22.8 Å². The maximum Gasteiger partial charge on any atom is 0.387 e. The van der Waals surface area contributed by atoms with E-state index in [0.29, 0.717) is 17.1 Å². The number of aromatic nitrogens is 2. The molecule has 0 bridgehead atoms. The van der Waals surface area contributed by atoms with Gasteiger partial charge >= 0.3 is 12.6 Å². The molecule has 1 atom stereocenters. The molecule has 0 radical (unpaired) electrons. The Balaban J connectivity index is 1.68. The Morgan fingerprint density at radius 3 is 2.34 bits per heavy atom. The number of hydrogen-bond donors (Lipinski definition) is 3. The molecule has 3 aromatic carbocycles. The molecular formula is C24H18F2N4O2. The minimum absolute atomic E-state index is 0.0431. The molecule has 0 fully saturated rings. The summed E-state index contributed by atoms with van der Waals surface area (Å²) in [5, 5.41) is 5.84. The summed E-state index contributed by atoms with van der Waals surface area (Å²) >= 11 is 0. The highest BCUT2D eigenvalue weighted by Crippen LogP contribution is 2.37. The molecule has 1 aliphatic rings. The molecule has 6 nitrogen and oxygen atoms in total. The second kappa shape index (κ2) is 8.14. The summed E-state index contributed by atoms with van der Waals surface area (Å²) in [6.45, 7) is -2.91. The van der Waals surface area contributed by atoms with E-state index < -0.39 is 12.7 Å². The van der Waals surface area contributed by atoms with Crippen molar-refractivity contribution in [1.29, 1.82) is 0 Å². The third kappa shape index (κ3) is 3.78. The maximum atomic E-state index is 12.6. The highest BCUT2D eigenvalue weighted by Gasteiger charge is 2.32. The van der Waals surface area contributed by atoms with Crippen molar-refractivity contribution in [2.24, 2.45) is 0 Å². The molecule has 5 rings (SSSR count). The summed E-state index contributed by atoms with van der Waals surface area (Å²) in [6, 6.07) is 22.4. The standard InChI is InChI=1S/C24H18F2N4O2/c25-23(26)32-16-12-10-15(11-13-16)21-19(22-27-17-8-4-5-9-18(17)28-22)20(29-24(31)30-21)14-6-2-1-3-7-14/h1-13,21,23H,(H,27,28)(H2,29,30,31)/t21-/m0/s1. The van der Waals surface area contributed by atoms with Gasteiger partial charge in [0, 0.05) is 5.57 Å². The number of hydrogen-bond acceptors (Lipinski definition) is 3. The van der Waals surface area contributed by atoms with E-state index in [9.17, 15) is 13.6 Å². The number of H-pyrrole nitrogens is 1. The summed E-state index contributed by atoms with van der Waals surface area (Å²) in [7, 11) is 0. The number of fused-ring (bicyclic) bond motifs is 1. The van der Waals surface area contributed by atoms with Crippen LogP contribution < -0.4 is 15.4 Å². The zero-order valence-corrected chi connectivity index (χ0v) is 16.7. The van der Waals surface area contributed by atoms with Crippen LogP contribution in [0.15, 0.2) is 78.9 Å². The number of carbonyl (C=O) groups excluding carboxylic acids is 1. The zero-order chi connectivity index (χ0) is 22.1. The molecule has 0 aliphatic carbocycles. The fourth-order valence-corrected chi connectivity index (χ4v) is 3.82. The first-order valence-electron chi connectivity index (χ1n) is 9.95. The van der Waals surface area contributed by atoms with Crippen molar-refractivity contribution in [3.8, 4) is 5.75 Å². The van der Waals surface area contributed by atoms with Crippen molar-refractivity contribution in [3.05, 3.63) is 95.8 Å². The lowest BCUT2D eigenvalue weighted by molar-refractivity contribution is -0.0498. The number of aromatic amines is 1. The molecule has 0 saturated carbocycles. The Hall–Kier alpha value is -4.20. The molecule has 1 aliphatic heterocycles. The van der Waals surface area contributed by atoms with Crippen LogP contribution in [-0.4, -0.2) is 22.6 Å². The van der Waals surface area contributed by atoms with E-state index in [4.69, 9.17) is 4.98 Å². The fraction of sp³-hybridized carbons (Fsp3) is 0.0833. The third-order valence-corrected chi connectivity index (χ3v) is 5.22. The Kier molecular flexibility index (Phi) is 5.03. The molecule has 1 aromatic heterocycles. The minimum Gasteiger partial charge on any atom is -0.435 e.